The summed E-state index contributed by atoms with van der Waals surface area (Å²) in [4.78, 5) is 31.7. The average Bonchev–Trinajstić information content (AvgIpc) is 2.99. The number of rotatable bonds is 5. The molecule has 1 fully saturated rings. The van der Waals surface area contributed by atoms with Crippen molar-refractivity contribution < 1.29 is 19.4 Å². The molecule has 0 aromatic carbocycles. The molecule has 3 N–H and O–H groups in total. The Morgan fingerprint density at radius 1 is 1.67 bits per heavy atom. The third-order valence-electron chi connectivity index (χ3n) is 3.57. The number of ether oxygens (including phenoxy) is 1. The fourth-order valence-corrected chi connectivity index (χ4v) is 2.37. The molecule has 1 saturated heterocycles. The van der Waals surface area contributed by atoms with E-state index in [1.54, 1.807) is 18.2 Å². The molecule has 1 aromatic rings. The first-order chi connectivity index (χ1) is 10.1. The summed E-state index contributed by atoms with van der Waals surface area (Å²) >= 11 is 0. The van der Waals surface area contributed by atoms with Gasteiger partial charge in [-0.1, -0.05) is 0 Å². The summed E-state index contributed by atoms with van der Waals surface area (Å²) in [5.74, 6) is -1.07. The fourth-order valence-electron chi connectivity index (χ4n) is 2.37. The van der Waals surface area contributed by atoms with Gasteiger partial charge >= 0.3 is 12.0 Å². The van der Waals surface area contributed by atoms with E-state index < -0.39 is 12.0 Å². The molecule has 2 rings (SSSR count). The summed E-state index contributed by atoms with van der Waals surface area (Å²) in [6.45, 7) is 1.10. The molecule has 2 heterocycles. The van der Waals surface area contributed by atoms with E-state index in [1.807, 2.05) is 0 Å². The summed E-state index contributed by atoms with van der Waals surface area (Å²) in [6.07, 6.45) is 4.97. The van der Waals surface area contributed by atoms with Crippen LogP contribution in [-0.2, 0) is 16.0 Å². The number of hydrogen-bond donors (Lipinski definition) is 3. The first kappa shape index (κ1) is 15.3. The third-order valence-corrected chi connectivity index (χ3v) is 3.57. The molecular formula is C13H20N4O4. The molecule has 0 spiro atoms. The third kappa shape index (κ3) is 4.19. The Morgan fingerprint density at radius 2 is 2.48 bits per heavy atom. The Labute approximate surface area is 122 Å². The predicted octanol–water partition coefficient (Wildman–Crippen LogP) is 0.226. The maximum absolute atomic E-state index is 12.2. The highest BCUT2D eigenvalue weighted by atomic mass is 16.5. The second-order valence-corrected chi connectivity index (χ2v) is 5.07. The van der Waals surface area contributed by atoms with E-state index in [0.717, 1.165) is 12.8 Å². The van der Waals surface area contributed by atoms with Gasteiger partial charge in [-0.05, 0) is 12.8 Å². The minimum atomic E-state index is -1.07. The number of carboxylic acid groups (broad SMARTS) is 1. The topological polar surface area (TPSA) is 108 Å². The molecule has 1 aromatic heterocycles. The van der Waals surface area contributed by atoms with Gasteiger partial charge in [0.15, 0.2) is 0 Å². The largest absolute Gasteiger partial charge is 0.480 e. The fraction of sp³-hybridized carbons (Fsp3) is 0.615. The number of hydrogen-bond acceptors (Lipinski definition) is 4. The molecule has 116 valence electrons. The lowest BCUT2D eigenvalue weighted by Crippen LogP contribution is -2.52. The molecule has 1 aliphatic rings. The van der Waals surface area contributed by atoms with E-state index in [0.29, 0.717) is 18.8 Å². The van der Waals surface area contributed by atoms with Crippen LogP contribution in [0.5, 0.6) is 0 Å². The molecule has 0 saturated carbocycles. The highest BCUT2D eigenvalue weighted by Crippen LogP contribution is 2.12. The highest BCUT2D eigenvalue weighted by Gasteiger charge is 2.27. The number of aliphatic carboxylic acids is 1. The number of amides is 2. The van der Waals surface area contributed by atoms with Gasteiger partial charge < -0.3 is 25.0 Å². The monoisotopic (exact) mass is 296 g/mol. The lowest BCUT2D eigenvalue weighted by molar-refractivity contribution is -0.139. The number of aromatic amines is 1. The minimum absolute atomic E-state index is 0.0142. The summed E-state index contributed by atoms with van der Waals surface area (Å²) < 4.78 is 5.26. The smallest absolute Gasteiger partial charge is 0.326 e. The average molecular weight is 296 g/mol. The summed E-state index contributed by atoms with van der Waals surface area (Å²) in [6, 6.07) is -1.36. The Bertz CT molecular complexity index is 477. The number of H-pyrrole nitrogens is 1. The zero-order valence-electron chi connectivity index (χ0n) is 11.9. The van der Waals surface area contributed by atoms with Crippen molar-refractivity contribution in [1.82, 2.24) is 20.2 Å². The minimum Gasteiger partial charge on any atom is -0.480 e. The number of nitrogens with one attached hydrogen (secondary N) is 2. The van der Waals surface area contributed by atoms with Gasteiger partial charge in [-0.2, -0.15) is 0 Å². The molecular weight excluding hydrogens is 276 g/mol. The van der Waals surface area contributed by atoms with E-state index in [1.165, 1.54) is 6.33 Å². The maximum atomic E-state index is 12.2. The number of urea groups is 1. The van der Waals surface area contributed by atoms with Gasteiger partial charge in [-0.3, -0.25) is 0 Å². The first-order valence-electron chi connectivity index (χ1n) is 6.88. The second kappa shape index (κ2) is 7.07. The molecule has 0 bridgehead atoms. The molecule has 0 aliphatic carbocycles. The van der Waals surface area contributed by atoms with Crippen molar-refractivity contribution in [3.63, 3.8) is 0 Å². The first-order valence-corrected chi connectivity index (χ1v) is 6.88. The van der Waals surface area contributed by atoms with Gasteiger partial charge in [0.05, 0.1) is 12.4 Å². The molecule has 2 amide bonds. The van der Waals surface area contributed by atoms with Crippen LogP contribution >= 0.6 is 0 Å². The van der Waals surface area contributed by atoms with Gasteiger partial charge in [-0.15, -0.1) is 0 Å². The molecule has 1 aliphatic heterocycles. The zero-order chi connectivity index (χ0) is 15.2. The summed E-state index contributed by atoms with van der Waals surface area (Å²) in [5, 5.41) is 11.8. The predicted molar refractivity (Wildman–Crippen MR) is 73.9 cm³/mol. The lowest BCUT2D eigenvalue weighted by atomic mass is 10.1. The number of likely N-dealkylation sites (tertiary alicyclic amines) is 1. The standard InChI is InChI=1S/C13H20N4O4/c1-21-10-3-2-4-17(7-10)13(20)16-11(12(18)19)5-9-6-14-8-15-9/h6,8,10-11H,2-5,7H2,1H3,(H,14,15)(H,16,20)(H,18,19)/t10?,11-/m0/s1. The van der Waals surface area contributed by atoms with Gasteiger partial charge in [0.25, 0.3) is 0 Å². The number of piperidine rings is 1. The second-order valence-electron chi connectivity index (χ2n) is 5.07. The van der Waals surface area contributed by atoms with Crippen molar-refractivity contribution in [2.75, 3.05) is 20.2 Å². The molecule has 8 heteroatoms. The van der Waals surface area contributed by atoms with Crippen molar-refractivity contribution in [3.05, 3.63) is 18.2 Å². The van der Waals surface area contributed by atoms with Crippen LogP contribution in [0.15, 0.2) is 12.5 Å². The van der Waals surface area contributed by atoms with Crippen LogP contribution in [0, 0.1) is 0 Å². The van der Waals surface area contributed by atoms with Crippen molar-refractivity contribution in [3.8, 4) is 0 Å². The van der Waals surface area contributed by atoms with Crippen LogP contribution in [-0.4, -0.2) is 64.3 Å². The van der Waals surface area contributed by atoms with Crippen LogP contribution in [0.2, 0.25) is 0 Å². The van der Waals surface area contributed by atoms with Crippen LogP contribution < -0.4 is 5.32 Å². The lowest BCUT2D eigenvalue weighted by Gasteiger charge is -2.32. The van der Waals surface area contributed by atoms with Crippen molar-refractivity contribution in [2.24, 2.45) is 0 Å². The van der Waals surface area contributed by atoms with Crippen LogP contribution in [0.25, 0.3) is 0 Å². The number of imidazole rings is 1. The number of carboxylic acids is 1. The quantitative estimate of drug-likeness (QED) is 0.720. The number of nitrogens with zero attached hydrogens (tertiary/aromatic N) is 2. The van der Waals surface area contributed by atoms with Crippen molar-refractivity contribution in [1.29, 1.82) is 0 Å². The number of carbonyl (C=O) groups is 2. The normalized spacial score (nSPS) is 20.0. The molecule has 8 nitrogen and oxygen atoms in total. The van der Waals surface area contributed by atoms with Gasteiger partial charge in [0, 0.05) is 38.5 Å². The SMILES string of the molecule is COC1CCCN(C(=O)N[C@@H](Cc2cnc[nH]2)C(=O)O)C1. The van der Waals surface area contributed by atoms with Gasteiger partial charge in [0.2, 0.25) is 0 Å². The van der Waals surface area contributed by atoms with E-state index in [-0.39, 0.29) is 18.6 Å². The van der Waals surface area contributed by atoms with E-state index in [2.05, 4.69) is 15.3 Å². The Hall–Kier alpha value is -2.09. The van der Waals surface area contributed by atoms with E-state index >= 15 is 0 Å². The van der Waals surface area contributed by atoms with Gasteiger partial charge in [0.1, 0.15) is 6.04 Å². The maximum Gasteiger partial charge on any atom is 0.326 e. The van der Waals surface area contributed by atoms with Crippen LogP contribution in [0.1, 0.15) is 18.5 Å². The van der Waals surface area contributed by atoms with Crippen LogP contribution in [0.3, 0.4) is 0 Å². The summed E-state index contributed by atoms with van der Waals surface area (Å²) in [7, 11) is 1.62. The zero-order valence-corrected chi connectivity index (χ0v) is 11.9. The highest BCUT2D eigenvalue weighted by molar-refractivity contribution is 5.82. The Balaban J connectivity index is 1.93. The summed E-state index contributed by atoms with van der Waals surface area (Å²) in [5.41, 5.74) is 0.663. The number of aromatic nitrogens is 2. The molecule has 1 unspecified atom stereocenters. The molecule has 21 heavy (non-hydrogen) atoms. The van der Waals surface area contributed by atoms with Gasteiger partial charge in [-0.25, -0.2) is 14.6 Å². The molecule has 2 atom stereocenters. The van der Waals surface area contributed by atoms with Crippen molar-refractivity contribution in [2.45, 2.75) is 31.4 Å². The van der Waals surface area contributed by atoms with E-state index in [4.69, 9.17) is 4.74 Å². The Kier molecular flexibility index (Phi) is 5.15. The van der Waals surface area contributed by atoms with E-state index in [9.17, 15) is 14.7 Å². The molecule has 0 radical (unpaired) electrons. The Morgan fingerprint density at radius 3 is 3.10 bits per heavy atom. The van der Waals surface area contributed by atoms with Crippen LogP contribution in [0.4, 0.5) is 4.79 Å². The van der Waals surface area contributed by atoms with Crippen molar-refractivity contribution >= 4 is 12.0 Å². The number of carbonyl (C=O) groups excluding carboxylic acids is 1. The number of methoxy groups -OCH3 is 1.